The van der Waals surface area contributed by atoms with Crippen LogP contribution in [0, 0.1) is 5.92 Å². The van der Waals surface area contributed by atoms with Gasteiger partial charge in [0, 0.05) is 25.8 Å². The van der Waals surface area contributed by atoms with Gasteiger partial charge in [-0.15, -0.1) is 0 Å². The van der Waals surface area contributed by atoms with Crippen LogP contribution in [0.2, 0.25) is 0 Å². The molecule has 1 atom stereocenters. The van der Waals surface area contributed by atoms with Crippen LogP contribution in [-0.4, -0.2) is 46.8 Å². The summed E-state index contributed by atoms with van der Waals surface area (Å²) in [7, 11) is 0. The van der Waals surface area contributed by atoms with Gasteiger partial charge in [0.1, 0.15) is 5.69 Å². The lowest BCUT2D eigenvalue weighted by Gasteiger charge is -2.30. The van der Waals surface area contributed by atoms with E-state index in [4.69, 9.17) is 0 Å². The third-order valence-electron chi connectivity index (χ3n) is 6.24. The normalized spacial score (nSPS) is 21.2. The lowest BCUT2D eigenvalue weighted by Crippen LogP contribution is -2.32. The fourth-order valence-corrected chi connectivity index (χ4v) is 4.24. The molecule has 2 aromatic rings. The van der Waals surface area contributed by atoms with E-state index < -0.39 is 0 Å². The van der Waals surface area contributed by atoms with Crippen molar-refractivity contribution in [1.29, 1.82) is 0 Å². The van der Waals surface area contributed by atoms with Crippen LogP contribution < -0.4 is 10.6 Å². The molecule has 156 valence electrons. The first-order valence-electron chi connectivity index (χ1n) is 11.0. The van der Waals surface area contributed by atoms with Crippen LogP contribution in [0.15, 0.2) is 36.5 Å². The number of nitrogens with one attached hydrogen (secondary N) is 2. The first kappa shape index (κ1) is 20.1. The van der Waals surface area contributed by atoms with Crippen molar-refractivity contribution in [3.8, 4) is 0 Å². The first-order chi connectivity index (χ1) is 14.2. The number of carbonyl (C=O) groups is 1. The zero-order valence-corrected chi connectivity index (χ0v) is 17.4. The third kappa shape index (κ3) is 5.46. The molecule has 0 spiro atoms. The number of hydrogen-bond donors (Lipinski definition) is 2. The number of piperidine rings is 2. The molecule has 1 unspecified atom stereocenters. The number of nitrogens with zero attached hydrogens (tertiary/aromatic N) is 3. The molecule has 2 saturated heterocycles. The molecule has 1 aromatic heterocycles. The maximum absolute atomic E-state index is 12.5. The SMILES string of the molecule is CC1CCN(Cc2ccc(CNC(=O)c3ccn(C4CCCNC4)n3)cc2)CC1. The monoisotopic (exact) mass is 395 g/mol. The predicted molar refractivity (Wildman–Crippen MR) is 115 cm³/mol. The molecular formula is C23H33N5O. The zero-order chi connectivity index (χ0) is 20.1. The Balaban J connectivity index is 1.25. The summed E-state index contributed by atoms with van der Waals surface area (Å²) >= 11 is 0. The molecule has 1 amide bonds. The van der Waals surface area contributed by atoms with Crippen LogP contribution in [0.5, 0.6) is 0 Å². The van der Waals surface area contributed by atoms with Crippen LogP contribution in [0.1, 0.15) is 60.3 Å². The Morgan fingerprint density at radius 1 is 1.14 bits per heavy atom. The number of carbonyl (C=O) groups excluding carboxylic acids is 1. The molecule has 3 heterocycles. The molecule has 0 aliphatic carbocycles. The highest BCUT2D eigenvalue weighted by Gasteiger charge is 2.18. The Labute approximate surface area is 173 Å². The number of aromatic nitrogens is 2. The molecule has 2 N–H and O–H groups in total. The molecular weight excluding hydrogens is 362 g/mol. The van der Waals surface area contributed by atoms with E-state index in [2.05, 4.69) is 51.8 Å². The van der Waals surface area contributed by atoms with Crippen molar-refractivity contribution >= 4 is 5.91 Å². The number of rotatable bonds is 6. The summed E-state index contributed by atoms with van der Waals surface area (Å²) in [5.41, 5.74) is 2.95. The minimum atomic E-state index is -0.112. The van der Waals surface area contributed by atoms with E-state index in [-0.39, 0.29) is 5.91 Å². The minimum Gasteiger partial charge on any atom is -0.347 e. The maximum atomic E-state index is 12.5. The summed E-state index contributed by atoms with van der Waals surface area (Å²) < 4.78 is 1.93. The number of hydrogen-bond acceptors (Lipinski definition) is 4. The number of benzene rings is 1. The quantitative estimate of drug-likeness (QED) is 0.789. The summed E-state index contributed by atoms with van der Waals surface area (Å²) in [6.07, 6.45) is 6.79. The van der Waals surface area contributed by atoms with Crippen molar-refractivity contribution in [3.63, 3.8) is 0 Å². The van der Waals surface area contributed by atoms with E-state index in [0.717, 1.165) is 44.0 Å². The van der Waals surface area contributed by atoms with Crippen LogP contribution in [0.25, 0.3) is 0 Å². The van der Waals surface area contributed by atoms with Gasteiger partial charge in [0.25, 0.3) is 5.91 Å². The minimum absolute atomic E-state index is 0.112. The molecule has 2 aliphatic rings. The molecule has 0 saturated carbocycles. The highest BCUT2D eigenvalue weighted by atomic mass is 16.1. The highest BCUT2D eigenvalue weighted by Crippen LogP contribution is 2.18. The van der Waals surface area contributed by atoms with Gasteiger partial charge in [0.15, 0.2) is 0 Å². The topological polar surface area (TPSA) is 62.2 Å². The van der Waals surface area contributed by atoms with E-state index in [1.807, 2.05) is 16.9 Å². The van der Waals surface area contributed by atoms with Gasteiger partial charge in [-0.3, -0.25) is 14.4 Å². The maximum Gasteiger partial charge on any atom is 0.272 e. The van der Waals surface area contributed by atoms with Gasteiger partial charge >= 0.3 is 0 Å². The van der Waals surface area contributed by atoms with Gasteiger partial charge in [-0.1, -0.05) is 31.2 Å². The average Bonchev–Trinajstić information content (AvgIpc) is 3.26. The first-order valence-corrected chi connectivity index (χ1v) is 11.0. The Bertz CT molecular complexity index is 786. The van der Waals surface area contributed by atoms with Gasteiger partial charge in [-0.25, -0.2) is 0 Å². The van der Waals surface area contributed by atoms with E-state index in [1.165, 1.54) is 31.5 Å². The molecule has 0 radical (unpaired) electrons. The molecule has 2 fully saturated rings. The molecule has 29 heavy (non-hydrogen) atoms. The van der Waals surface area contributed by atoms with Crippen molar-refractivity contribution in [2.75, 3.05) is 26.2 Å². The summed E-state index contributed by atoms with van der Waals surface area (Å²) in [5, 5.41) is 10.9. The van der Waals surface area contributed by atoms with Crippen LogP contribution in [-0.2, 0) is 13.1 Å². The van der Waals surface area contributed by atoms with Gasteiger partial charge in [-0.2, -0.15) is 5.10 Å². The lowest BCUT2D eigenvalue weighted by atomic mass is 9.99. The van der Waals surface area contributed by atoms with Crippen LogP contribution in [0.4, 0.5) is 0 Å². The highest BCUT2D eigenvalue weighted by molar-refractivity contribution is 5.92. The van der Waals surface area contributed by atoms with E-state index in [0.29, 0.717) is 18.3 Å². The van der Waals surface area contributed by atoms with E-state index in [9.17, 15) is 4.79 Å². The van der Waals surface area contributed by atoms with E-state index in [1.54, 1.807) is 0 Å². The summed E-state index contributed by atoms with van der Waals surface area (Å²) in [5.74, 6) is 0.752. The number of likely N-dealkylation sites (tertiary alicyclic amines) is 1. The Morgan fingerprint density at radius 2 is 1.90 bits per heavy atom. The van der Waals surface area contributed by atoms with Crippen molar-refractivity contribution in [3.05, 3.63) is 53.3 Å². The smallest absolute Gasteiger partial charge is 0.272 e. The fraction of sp³-hybridized carbons (Fsp3) is 0.565. The lowest BCUT2D eigenvalue weighted by molar-refractivity contribution is 0.0944. The zero-order valence-electron chi connectivity index (χ0n) is 17.4. The third-order valence-corrected chi connectivity index (χ3v) is 6.24. The Hall–Kier alpha value is -2.18. The van der Waals surface area contributed by atoms with Gasteiger partial charge in [-0.05, 0) is 68.4 Å². The van der Waals surface area contributed by atoms with Crippen molar-refractivity contribution in [2.45, 2.75) is 51.7 Å². The fourth-order valence-electron chi connectivity index (χ4n) is 4.24. The average molecular weight is 396 g/mol. The second kappa shape index (κ2) is 9.55. The Kier molecular flexibility index (Phi) is 6.62. The van der Waals surface area contributed by atoms with Crippen LogP contribution in [0.3, 0.4) is 0 Å². The van der Waals surface area contributed by atoms with Crippen molar-refractivity contribution < 1.29 is 4.79 Å². The molecule has 4 rings (SSSR count). The van der Waals surface area contributed by atoms with Crippen molar-refractivity contribution in [1.82, 2.24) is 25.3 Å². The molecule has 2 aliphatic heterocycles. The van der Waals surface area contributed by atoms with Crippen molar-refractivity contribution in [2.24, 2.45) is 5.92 Å². The second-order valence-corrected chi connectivity index (χ2v) is 8.64. The van der Waals surface area contributed by atoms with Gasteiger partial charge < -0.3 is 10.6 Å². The van der Waals surface area contributed by atoms with Gasteiger partial charge in [0.2, 0.25) is 0 Å². The summed E-state index contributed by atoms with van der Waals surface area (Å²) in [6.45, 7) is 8.28. The summed E-state index contributed by atoms with van der Waals surface area (Å²) in [6, 6.07) is 10.8. The Morgan fingerprint density at radius 3 is 2.62 bits per heavy atom. The largest absolute Gasteiger partial charge is 0.347 e. The second-order valence-electron chi connectivity index (χ2n) is 8.64. The summed E-state index contributed by atoms with van der Waals surface area (Å²) in [4.78, 5) is 15.0. The molecule has 1 aromatic carbocycles. The van der Waals surface area contributed by atoms with Crippen LogP contribution >= 0.6 is 0 Å². The van der Waals surface area contributed by atoms with E-state index >= 15 is 0 Å². The van der Waals surface area contributed by atoms with Gasteiger partial charge in [0.05, 0.1) is 6.04 Å². The standard InChI is InChI=1S/C23H33N5O/c1-18-8-12-27(13-9-18)17-20-6-4-19(5-7-20)15-25-23(29)22-10-14-28(26-22)21-3-2-11-24-16-21/h4-7,10,14,18,21,24H,2-3,8-9,11-13,15-17H2,1H3,(H,25,29). The molecule has 6 heteroatoms. The molecule has 6 nitrogen and oxygen atoms in total. The molecule has 0 bridgehead atoms. The number of amides is 1. The predicted octanol–water partition coefficient (Wildman–Crippen LogP) is 2.97.